The van der Waals surface area contributed by atoms with Crippen molar-refractivity contribution in [3.63, 3.8) is 0 Å². The summed E-state index contributed by atoms with van der Waals surface area (Å²) in [6.07, 6.45) is 2.88. The molecule has 24 heavy (non-hydrogen) atoms. The zero-order valence-corrected chi connectivity index (χ0v) is 16.2. The van der Waals surface area contributed by atoms with E-state index < -0.39 is 0 Å². The van der Waals surface area contributed by atoms with Crippen LogP contribution in [0.4, 0.5) is 5.69 Å². The van der Waals surface area contributed by atoms with Crippen LogP contribution in [0.3, 0.4) is 0 Å². The Morgan fingerprint density at radius 3 is 2.62 bits per heavy atom. The number of nitrogens with one attached hydrogen (secondary N) is 1. The van der Waals surface area contributed by atoms with E-state index in [1.165, 1.54) is 16.7 Å². The lowest BCUT2D eigenvalue weighted by atomic mass is 10.2. The molecule has 0 spiro atoms. The zero-order valence-electron chi connectivity index (χ0n) is 14.6. The van der Waals surface area contributed by atoms with Crippen molar-refractivity contribution in [1.29, 1.82) is 0 Å². The third kappa shape index (κ3) is 5.56. The molecule has 0 radical (unpaired) electrons. The van der Waals surface area contributed by atoms with Gasteiger partial charge in [0.1, 0.15) is 0 Å². The van der Waals surface area contributed by atoms with Crippen LogP contribution in [0.1, 0.15) is 32.8 Å². The van der Waals surface area contributed by atoms with Gasteiger partial charge in [0.2, 0.25) is 5.91 Å². The molecule has 0 saturated heterocycles. The Hall–Kier alpha value is -1.46. The molecule has 1 aromatic carbocycles. The number of carbonyl (C=O) groups is 1. The summed E-state index contributed by atoms with van der Waals surface area (Å²) in [6, 6.07) is 11.9. The molecule has 0 saturated carbocycles. The first-order valence-electron chi connectivity index (χ1n) is 8.15. The minimum atomic E-state index is -0.200. The molecule has 5 heteroatoms. The van der Waals surface area contributed by atoms with Gasteiger partial charge >= 0.3 is 0 Å². The first-order valence-corrected chi connectivity index (χ1v) is 9.91. The number of aryl methyl sites for hydroxylation is 1. The smallest absolute Gasteiger partial charge is 0.237 e. The van der Waals surface area contributed by atoms with E-state index in [0.29, 0.717) is 5.25 Å². The van der Waals surface area contributed by atoms with Gasteiger partial charge in [0.15, 0.2) is 0 Å². The normalized spacial score (nSPS) is 13.3. The average Bonchev–Trinajstić information content (AvgIpc) is 2.58. The maximum atomic E-state index is 12.4. The second-order valence-corrected chi connectivity index (χ2v) is 8.60. The van der Waals surface area contributed by atoms with Crippen LogP contribution in [-0.2, 0) is 4.79 Å². The van der Waals surface area contributed by atoms with Gasteiger partial charge in [-0.25, -0.2) is 4.98 Å². The number of benzene rings is 1. The van der Waals surface area contributed by atoms with E-state index >= 15 is 0 Å². The van der Waals surface area contributed by atoms with Crippen molar-refractivity contribution < 1.29 is 4.79 Å². The van der Waals surface area contributed by atoms with Gasteiger partial charge in [-0.1, -0.05) is 31.7 Å². The molecule has 1 N–H and O–H groups in total. The number of rotatable bonds is 7. The molecule has 2 aromatic rings. The maximum Gasteiger partial charge on any atom is 0.237 e. The fourth-order valence-corrected chi connectivity index (χ4v) is 3.88. The molecule has 1 aromatic heterocycles. The van der Waals surface area contributed by atoms with Gasteiger partial charge in [-0.3, -0.25) is 4.79 Å². The number of carbonyl (C=O) groups excluding carboxylic acids is 1. The van der Waals surface area contributed by atoms with Crippen molar-refractivity contribution in [3.8, 4) is 0 Å². The summed E-state index contributed by atoms with van der Waals surface area (Å²) < 4.78 is 0. The van der Waals surface area contributed by atoms with Crippen molar-refractivity contribution in [3.05, 3.63) is 48.2 Å². The largest absolute Gasteiger partial charge is 0.325 e. The lowest BCUT2D eigenvalue weighted by molar-refractivity contribution is -0.115. The highest BCUT2D eigenvalue weighted by Crippen LogP contribution is 2.29. The Balaban J connectivity index is 1.98. The van der Waals surface area contributed by atoms with Gasteiger partial charge < -0.3 is 5.32 Å². The SMILES string of the molecule is CC[C@H](C)Sc1ccc(NC(=O)[C@@H](C)Sc2ccccn2)c(C)c1. The lowest BCUT2D eigenvalue weighted by Gasteiger charge is -2.15. The highest BCUT2D eigenvalue weighted by atomic mass is 32.2. The van der Waals surface area contributed by atoms with Crippen molar-refractivity contribution in [2.75, 3.05) is 5.32 Å². The van der Waals surface area contributed by atoms with Gasteiger partial charge in [-0.2, -0.15) is 0 Å². The Labute approximate surface area is 153 Å². The number of hydrogen-bond acceptors (Lipinski definition) is 4. The molecule has 0 unspecified atom stereocenters. The summed E-state index contributed by atoms with van der Waals surface area (Å²) in [5, 5.41) is 4.28. The molecular formula is C19H24N2OS2. The molecule has 2 atom stereocenters. The first-order chi connectivity index (χ1) is 11.5. The fraction of sp³-hybridized carbons (Fsp3) is 0.368. The van der Waals surface area contributed by atoms with E-state index in [0.717, 1.165) is 22.7 Å². The molecule has 2 rings (SSSR count). The second-order valence-electron chi connectivity index (χ2n) is 5.73. The van der Waals surface area contributed by atoms with E-state index in [-0.39, 0.29) is 11.2 Å². The summed E-state index contributed by atoms with van der Waals surface area (Å²) in [6.45, 7) is 8.36. The van der Waals surface area contributed by atoms with E-state index in [1.54, 1.807) is 6.20 Å². The standard InChI is InChI=1S/C19H24N2OS2/c1-5-14(3)23-16-9-10-17(13(2)12-16)21-19(22)15(4)24-18-8-6-7-11-20-18/h6-12,14-15H,5H2,1-4H3,(H,21,22)/t14-,15+/m0/s1. The Bertz CT molecular complexity index is 676. The van der Waals surface area contributed by atoms with Crippen LogP contribution in [0.5, 0.6) is 0 Å². The fourth-order valence-electron chi connectivity index (χ4n) is 2.05. The van der Waals surface area contributed by atoms with Gasteiger partial charge in [0.05, 0.1) is 10.3 Å². The molecule has 1 amide bonds. The number of anilines is 1. The molecule has 1 heterocycles. The summed E-state index contributed by atoms with van der Waals surface area (Å²) >= 11 is 3.33. The second kappa shape index (κ2) is 9.14. The predicted octanol–water partition coefficient (Wildman–Crippen LogP) is 5.40. The molecule has 128 valence electrons. The number of amides is 1. The van der Waals surface area contributed by atoms with Gasteiger partial charge in [-0.05, 0) is 56.2 Å². The van der Waals surface area contributed by atoms with Crippen LogP contribution in [0.15, 0.2) is 52.5 Å². The van der Waals surface area contributed by atoms with Crippen LogP contribution >= 0.6 is 23.5 Å². The van der Waals surface area contributed by atoms with Crippen molar-refractivity contribution in [1.82, 2.24) is 4.98 Å². The van der Waals surface area contributed by atoms with Gasteiger partial charge in [0, 0.05) is 22.0 Å². The maximum absolute atomic E-state index is 12.4. The zero-order chi connectivity index (χ0) is 17.5. The lowest BCUT2D eigenvalue weighted by Crippen LogP contribution is -2.22. The average molecular weight is 361 g/mol. The molecule has 0 fully saturated rings. The number of pyridine rings is 1. The first kappa shape index (κ1) is 18.9. The van der Waals surface area contributed by atoms with Crippen LogP contribution in [-0.4, -0.2) is 21.4 Å². The van der Waals surface area contributed by atoms with Crippen LogP contribution in [0.25, 0.3) is 0 Å². The minimum Gasteiger partial charge on any atom is -0.325 e. The van der Waals surface area contributed by atoms with Gasteiger partial charge in [-0.15, -0.1) is 11.8 Å². The quantitative estimate of drug-likeness (QED) is 0.671. The summed E-state index contributed by atoms with van der Waals surface area (Å²) in [4.78, 5) is 17.9. The summed E-state index contributed by atoms with van der Waals surface area (Å²) in [5.41, 5.74) is 1.97. The minimum absolute atomic E-state index is 0.00363. The van der Waals surface area contributed by atoms with Crippen LogP contribution < -0.4 is 5.32 Å². The van der Waals surface area contributed by atoms with Crippen molar-refractivity contribution >= 4 is 35.1 Å². The number of thioether (sulfide) groups is 2. The van der Waals surface area contributed by atoms with Crippen molar-refractivity contribution in [2.24, 2.45) is 0 Å². The molecule has 0 bridgehead atoms. The van der Waals surface area contributed by atoms with Crippen LogP contribution in [0.2, 0.25) is 0 Å². The molecular weight excluding hydrogens is 336 g/mol. The number of hydrogen-bond donors (Lipinski definition) is 1. The Kier molecular flexibility index (Phi) is 7.18. The third-order valence-corrected chi connectivity index (χ3v) is 5.98. The molecule has 0 aliphatic heterocycles. The van der Waals surface area contributed by atoms with E-state index in [9.17, 15) is 4.79 Å². The molecule has 3 nitrogen and oxygen atoms in total. The highest BCUT2D eigenvalue weighted by Gasteiger charge is 2.16. The van der Waals surface area contributed by atoms with Crippen LogP contribution in [0, 0.1) is 6.92 Å². The summed E-state index contributed by atoms with van der Waals surface area (Å²) in [5.74, 6) is -0.00363. The monoisotopic (exact) mass is 360 g/mol. The summed E-state index contributed by atoms with van der Waals surface area (Å²) in [7, 11) is 0. The number of aromatic nitrogens is 1. The van der Waals surface area contributed by atoms with E-state index in [2.05, 4.69) is 36.3 Å². The Morgan fingerprint density at radius 1 is 1.21 bits per heavy atom. The molecule has 0 aliphatic carbocycles. The number of nitrogens with zero attached hydrogens (tertiary/aromatic N) is 1. The topological polar surface area (TPSA) is 42.0 Å². The third-order valence-electron chi connectivity index (χ3n) is 3.67. The highest BCUT2D eigenvalue weighted by molar-refractivity contribution is 8.00. The predicted molar refractivity (Wildman–Crippen MR) is 105 cm³/mol. The van der Waals surface area contributed by atoms with Gasteiger partial charge in [0.25, 0.3) is 0 Å². The van der Waals surface area contributed by atoms with E-state index in [4.69, 9.17) is 0 Å². The van der Waals surface area contributed by atoms with E-state index in [1.807, 2.05) is 49.9 Å². The molecule has 0 aliphatic rings. The Morgan fingerprint density at radius 2 is 2.00 bits per heavy atom. The van der Waals surface area contributed by atoms with Crippen molar-refractivity contribution in [2.45, 2.75) is 54.5 Å².